The van der Waals surface area contributed by atoms with Crippen LogP contribution >= 0.6 is 11.6 Å². The van der Waals surface area contributed by atoms with Crippen LogP contribution in [0.3, 0.4) is 0 Å². The van der Waals surface area contributed by atoms with Crippen LogP contribution in [0.15, 0.2) is 24.3 Å². The van der Waals surface area contributed by atoms with E-state index in [1.54, 1.807) is 29.2 Å². The van der Waals surface area contributed by atoms with E-state index in [0.717, 1.165) is 0 Å². The summed E-state index contributed by atoms with van der Waals surface area (Å²) in [6.45, 7) is 3.54. The molecular formula is C11H16ClN3O. The second-order valence-electron chi connectivity index (χ2n) is 3.31. The maximum Gasteiger partial charge on any atom is 0.321 e. The van der Waals surface area contributed by atoms with E-state index in [4.69, 9.17) is 17.3 Å². The van der Waals surface area contributed by atoms with E-state index >= 15 is 0 Å². The molecule has 1 aromatic rings. The highest BCUT2D eigenvalue weighted by Gasteiger charge is 2.10. The fourth-order valence-electron chi connectivity index (χ4n) is 1.33. The number of rotatable bonds is 4. The first-order chi connectivity index (χ1) is 7.67. The molecule has 0 fully saturated rings. The van der Waals surface area contributed by atoms with E-state index in [0.29, 0.717) is 30.3 Å². The van der Waals surface area contributed by atoms with E-state index in [1.807, 2.05) is 6.92 Å². The first kappa shape index (κ1) is 12.8. The molecule has 0 aliphatic rings. The number of amides is 2. The van der Waals surface area contributed by atoms with Gasteiger partial charge in [-0.1, -0.05) is 17.7 Å². The van der Waals surface area contributed by atoms with Crippen molar-refractivity contribution in [1.29, 1.82) is 0 Å². The van der Waals surface area contributed by atoms with Gasteiger partial charge in [-0.15, -0.1) is 0 Å². The molecule has 0 aliphatic heterocycles. The highest BCUT2D eigenvalue weighted by molar-refractivity contribution is 6.30. The van der Waals surface area contributed by atoms with Crippen LogP contribution in [0.5, 0.6) is 0 Å². The molecule has 16 heavy (non-hydrogen) atoms. The van der Waals surface area contributed by atoms with Crippen LogP contribution in [0.1, 0.15) is 6.92 Å². The van der Waals surface area contributed by atoms with Gasteiger partial charge < -0.3 is 16.0 Å². The Hall–Kier alpha value is -1.26. The molecule has 0 spiro atoms. The Kier molecular flexibility index (Phi) is 5.08. The zero-order valence-electron chi connectivity index (χ0n) is 9.24. The van der Waals surface area contributed by atoms with Crippen molar-refractivity contribution in [2.75, 3.05) is 25.0 Å². The molecule has 0 atom stereocenters. The molecule has 3 N–H and O–H groups in total. The van der Waals surface area contributed by atoms with Crippen molar-refractivity contribution in [1.82, 2.24) is 4.90 Å². The Balaban J connectivity index is 2.62. The zero-order chi connectivity index (χ0) is 12.0. The van der Waals surface area contributed by atoms with Crippen molar-refractivity contribution in [2.24, 2.45) is 5.73 Å². The predicted molar refractivity (Wildman–Crippen MR) is 66.8 cm³/mol. The number of carbonyl (C=O) groups is 1. The highest BCUT2D eigenvalue weighted by atomic mass is 35.5. The maximum absolute atomic E-state index is 11.8. The third-order valence-electron chi connectivity index (χ3n) is 2.14. The fraction of sp³-hybridized carbons (Fsp3) is 0.364. The van der Waals surface area contributed by atoms with E-state index in [2.05, 4.69) is 5.32 Å². The summed E-state index contributed by atoms with van der Waals surface area (Å²) in [5, 5.41) is 3.36. The lowest BCUT2D eigenvalue weighted by atomic mass is 10.3. The standard InChI is InChI=1S/C11H16ClN3O/c1-2-15(7-6-13)11(16)14-10-5-3-4-9(12)8-10/h3-5,8H,2,6-7,13H2,1H3,(H,14,16). The summed E-state index contributed by atoms with van der Waals surface area (Å²) < 4.78 is 0. The van der Waals surface area contributed by atoms with Crippen molar-refractivity contribution in [3.05, 3.63) is 29.3 Å². The van der Waals surface area contributed by atoms with Gasteiger partial charge >= 0.3 is 6.03 Å². The Labute approximate surface area is 100 Å². The zero-order valence-corrected chi connectivity index (χ0v) is 10.00. The number of hydrogen-bond donors (Lipinski definition) is 2. The topological polar surface area (TPSA) is 58.4 Å². The Morgan fingerprint density at radius 1 is 1.56 bits per heavy atom. The van der Waals surface area contributed by atoms with Crippen molar-refractivity contribution < 1.29 is 4.79 Å². The van der Waals surface area contributed by atoms with Crippen molar-refractivity contribution in [3.63, 3.8) is 0 Å². The van der Waals surface area contributed by atoms with E-state index in [1.165, 1.54) is 0 Å². The van der Waals surface area contributed by atoms with Gasteiger partial charge in [0.1, 0.15) is 0 Å². The molecule has 1 aromatic carbocycles. The number of hydrogen-bond acceptors (Lipinski definition) is 2. The Morgan fingerprint density at radius 2 is 2.31 bits per heavy atom. The van der Waals surface area contributed by atoms with Crippen LogP contribution in [-0.2, 0) is 0 Å². The maximum atomic E-state index is 11.8. The number of anilines is 1. The van der Waals surface area contributed by atoms with Crippen LogP contribution < -0.4 is 11.1 Å². The molecule has 0 heterocycles. The molecular weight excluding hydrogens is 226 g/mol. The summed E-state index contributed by atoms with van der Waals surface area (Å²) in [6.07, 6.45) is 0. The molecule has 88 valence electrons. The fourth-order valence-corrected chi connectivity index (χ4v) is 1.52. The van der Waals surface area contributed by atoms with E-state index in [9.17, 15) is 4.79 Å². The Bertz CT molecular complexity index is 357. The van der Waals surface area contributed by atoms with Gasteiger partial charge in [0.05, 0.1) is 0 Å². The Morgan fingerprint density at radius 3 is 2.88 bits per heavy atom. The van der Waals surface area contributed by atoms with Crippen LogP contribution in [0.25, 0.3) is 0 Å². The minimum absolute atomic E-state index is 0.157. The van der Waals surface area contributed by atoms with Gasteiger partial charge in [-0.25, -0.2) is 4.79 Å². The third-order valence-corrected chi connectivity index (χ3v) is 2.38. The van der Waals surface area contributed by atoms with Gasteiger partial charge in [-0.3, -0.25) is 0 Å². The van der Waals surface area contributed by atoms with Crippen molar-refractivity contribution in [3.8, 4) is 0 Å². The molecule has 2 amide bonds. The van der Waals surface area contributed by atoms with Gasteiger partial charge in [-0.05, 0) is 25.1 Å². The number of urea groups is 1. The molecule has 0 bridgehead atoms. The van der Waals surface area contributed by atoms with Gasteiger partial charge in [0.25, 0.3) is 0 Å². The highest BCUT2D eigenvalue weighted by Crippen LogP contribution is 2.15. The van der Waals surface area contributed by atoms with E-state index < -0.39 is 0 Å². The molecule has 0 radical (unpaired) electrons. The largest absolute Gasteiger partial charge is 0.329 e. The summed E-state index contributed by atoms with van der Waals surface area (Å²) >= 11 is 5.82. The summed E-state index contributed by atoms with van der Waals surface area (Å²) in [6, 6.07) is 6.89. The predicted octanol–water partition coefficient (Wildman–Crippen LogP) is 2.15. The summed E-state index contributed by atoms with van der Waals surface area (Å²) in [4.78, 5) is 13.4. The molecule has 5 heteroatoms. The number of nitrogens with two attached hydrogens (primary N) is 1. The lowest BCUT2D eigenvalue weighted by molar-refractivity contribution is 0.216. The first-order valence-electron chi connectivity index (χ1n) is 5.19. The summed E-state index contributed by atoms with van der Waals surface area (Å²) in [7, 11) is 0. The van der Waals surface area contributed by atoms with Gasteiger partial charge in [0.2, 0.25) is 0 Å². The van der Waals surface area contributed by atoms with Gasteiger partial charge in [0.15, 0.2) is 0 Å². The number of likely N-dealkylation sites (N-methyl/N-ethyl adjacent to an activating group) is 1. The number of carbonyl (C=O) groups excluding carboxylic acids is 1. The molecule has 0 unspecified atom stereocenters. The minimum Gasteiger partial charge on any atom is -0.329 e. The number of nitrogens with one attached hydrogen (secondary N) is 1. The molecule has 0 aromatic heterocycles. The number of nitrogens with zero attached hydrogens (tertiary/aromatic N) is 1. The number of benzene rings is 1. The summed E-state index contributed by atoms with van der Waals surface area (Å²) in [5.41, 5.74) is 6.11. The second kappa shape index (κ2) is 6.35. The summed E-state index contributed by atoms with van der Waals surface area (Å²) in [5.74, 6) is 0. The van der Waals surface area contributed by atoms with Crippen molar-refractivity contribution >= 4 is 23.3 Å². The van der Waals surface area contributed by atoms with Crippen molar-refractivity contribution in [2.45, 2.75) is 6.92 Å². The van der Waals surface area contributed by atoms with Crippen LogP contribution in [-0.4, -0.2) is 30.6 Å². The molecule has 0 saturated heterocycles. The van der Waals surface area contributed by atoms with Gasteiger partial charge in [-0.2, -0.15) is 0 Å². The average Bonchev–Trinajstić information content (AvgIpc) is 2.25. The quantitative estimate of drug-likeness (QED) is 0.849. The van der Waals surface area contributed by atoms with Crippen LogP contribution in [0, 0.1) is 0 Å². The smallest absolute Gasteiger partial charge is 0.321 e. The lowest BCUT2D eigenvalue weighted by Crippen LogP contribution is -2.38. The second-order valence-corrected chi connectivity index (χ2v) is 3.75. The average molecular weight is 242 g/mol. The molecule has 1 rings (SSSR count). The normalized spacial score (nSPS) is 9.94. The first-order valence-corrected chi connectivity index (χ1v) is 5.56. The van der Waals surface area contributed by atoms with Crippen LogP contribution in [0.2, 0.25) is 5.02 Å². The third kappa shape index (κ3) is 3.72. The monoisotopic (exact) mass is 241 g/mol. The minimum atomic E-state index is -0.157. The SMILES string of the molecule is CCN(CCN)C(=O)Nc1cccc(Cl)c1. The molecule has 0 saturated carbocycles. The van der Waals surface area contributed by atoms with Gasteiger partial charge in [0, 0.05) is 30.3 Å². The lowest BCUT2D eigenvalue weighted by Gasteiger charge is -2.20. The van der Waals surface area contributed by atoms with E-state index in [-0.39, 0.29) is 6.03 Å². The van der Waals surface area contributed by atoms with Crippen LogP contribution in [0.4, 0.5) is 10.5 Å². The molecule has 4 nitrogen and oxygen atoms in total. The number of halogens is 1. The molecule has 0 aliphatic carbocycles.